The summed E-state index contributed by atoms with van der Waals surface area (Å²) in [6, 6.07) is 6.16. The molecule has 3 N–H and O–H groups in total. The van der Waals surface area contributed by atoms with Crippen LogP contribution in [0, 0.1) is 5.41 Å². The quantitative estimate of drug-likeness (QED) is 0.819. The van der Waals surface area contributed by atoms with E-state index in [9.17, 15) is 4.79 Å². The van der Waals surface area contributed by atoms with Gasteiger partial charge < -0.3 is 11.1 Å². The first kappa shape index (κ1) is 15.0. The number of hydrogen-bond donors (Lipinski definition) is 2. The van der Waals surface area contributed by atoms with Gasteiger partial charge in [0.2, 0.25) is 5.91 Å². The van der Waals surface area contributed by atoms with Crippen LogP contribution in [-0.4, -0.2) is 10.9 Å². The minimum absolute atomic E-state index is 0.0353. The van der Waals surface area contributed by atoms with Gasteiger partial charge in [0, 0.05) is 5.69 Å². The lowest BCUT2D eigenvalue weighted by Crippen LogP contribution is -2.50. The van der Waals surface area contributed by atoms with Crippen molar-refractivity contribution in [2.75, 3.05) is 5.32 Å². The van der Waals surface area contributed by atoms with Crippen molar-refractivity contribution in [1.82, 2.24) is 0 Å². The second kappa shape index (κ2) is 5.92. The summed E-state index contributed by atoms with van der Waals surface area (Å²) in [4.78, 5) is 12.9. The Morgan fingerprint density at radius 1 is 1.30 bits per heavy atom. The molecular weight excluding hydrogens is 268 g/mol. The molecule has 0 bridgehead atoms. The fourth-order valence-electron chi connectivity index (χ4n) is 2.75. The Morgan fingerprint density at radius 2 is 1.85 bits per heavy atom. The summed E-state index contributed by atoms with van der Waals surface area (Å²) >= 11 is 5.11. The number of hydrogen-bond acceptors (Lipinski definition) is 2. The highest BCUT2D eigenvalue weighted by atomic mass is 32.1. The Morgan fingerprint density at radius 3 is 2.20 bits per heavy atom. The van der Waals surface area contributed by atoms with Crippen molar-refractivity contribution >= 4 is 28.8 Å². The van der Waals surface area contributed by atoms with E-state index in [1.165, 1.54) is 0 Å². The highest BCUT2D eigenvalue weighted by molar-refractivity contribution is 7.80. The normalized spacial score (nSPS) is 16.3. The highest BCUT2D eigenvalue weighted by Crippen LogP contribution is 2.42. The summed E-state index contributed by atoms with van der Waals surface area (Å²) in [5, 5.41) is 3.10. The van der Waals surface area contributed by atoms with Crippen LogP contribution in [0.3, 0.4) is 0 Å². The van der Waals surface area contributed by atoms with Crippen molar-refractivity contribution in [2.24, 2.45) is 11.1 Å². The average molecular weight is 290 g/mol. The third-order valence-corrected chi connectivity index (χ3v) is 4.74. The van der Waals surface area contributed by atoms with E-state index in [4.69, 9.17) is 18.0 Å². The summed E-state index contributed by atoms with van der Waals surface area (Å²) in [5.41, 5.74) is 8.45. The van der Waals surface area contributed by atoms with E-state index in [0.29, 0.717) is 4.99 Å². The van der Waals surface area contributed by atoms with E-state index in [2.05, 4.69) is 31.3 Å². The highest BCUT2D eigenvalue weighted by Gasteiger charge is 2.47. The van der Waals surface area contributed by atoms with Crippen molar-refractivity contribution in [3.8, 4) is 0 Å². The smallest absolute Gasteiger partial charge is 0.237 e. The maximum absolute atomic E-state index is 12.6. The maximum Gasteiger partial charge on any atom is 0.237 e. The molecule has 2 rings (SSSR count). The molecule has 108 valence electrons. The first-order valence-electron chi connectivity index (χ1n) is 7.27. The fourth-order valence-corrected chi connectivity index (χ4v) is 3.05. The molecule has 3 nitrogen and oxygen atoms in total. The molecule has 1 aromatic rings. The predicted molar refractivity (Wildman–Crippen MR) is 86.9 cm³/mol. The Kier molecular flexibility index (Phi) is 4.43. The van der Waals surface area contributed by atoms with Crippen LogP contribution in [0.2, 0.25) is 0 Å². The predicted octanol–water partition coefficient (Wildman–Crippen LogP) is 3.21. The monoisotopic (exact) mass is 290 g/mol. The molecule has 1 amide bonds. The molecule has 4 heteroatoms. The van der Waals surface area contributed by atoms with Gasteiger partial charge in [-0.1, -0.05) is 50.7 Å². The van der Waals surface area contributed by atoms with Crippen LogP contribution in [-0.2, 0) is 17.6 Å². The van der Waals surface area contributed by atoms with Crippen LogP contribution in [0.5, 0.6) is 0 Å². The van der Waals surface area contributed by atoms with Crippen LogP contribution in [0.4, 0.5) is 5.69 Å². The number of benzene rings is 1. The number of nitrogens with one attached hydrogen (secondary N) is 1. The van der Waals surface area contributed by atoms with Crippen molar-refractivity contribution in [3.05, 3.63) is 29.3 Å². The average Bonchev–Trinajstić information content (AvgIpc) is 2.37. The van der Waals surface area contributed by atoms with Crippen LogP contribution in [0.15, 0.2) is 18.2 Å². The Hall–Kier alpha value is -1.42. The summed E-state index contributed by atoms with van der Waals surface area (Å²) in [6.07, 6.45) is 4.34. The molecule has 1 saturated carbocycles. The molecule has 0 aromatic heterocycles. The number of carbonyl (C=O) groups is 1. The van der Waals surface area contributed by atoms with E-state index in [0.717, 1.165) is 48.9 Å². The Labute approximate surface area is 125 Å². The van der Waals surface area contributed by atoms with Gasteiger partial charge in [0.05, 0.1) is 10.4 Å². The van der Waals surface area contributed by atoms with Gasteiger partial charge in [0.25, 0.3) is 0 Å². The van der Waals surface area contributed by atoms with Gasteiger partial charge in [0.15, 0.2) is 0 Å². The minimum Gasteiger partial charge on any atom is -0.392 e. The summed E-state index contributed by atoms with van der Waals surface area (Å²) in [7, 11) is 0. The van der Waals surface area contributed by atoms with Crippen LogP contribution < -0.4 is 11.1 Å². The number of nitrogens with two attached hydrogens (primary N) is 1. The zero-order chi connectivity index (χ0) is 14.8. The van der Waals surface area contributed by atoms with Crippen LogP contribution in [0.1, 0.15) is 44.2 Å². The van der Waals surface area contributed by atoms with E-state index in [1.54, 1.807) is 0 Å². The van der Waals surface area contributed by atoms with Crippen molar-refractivity contribution in [1.29, 1.82) is 0 Å². The Bertz CT molecular complexity index is 513. The SMILES string of the molecule is CCc1cccc(CC)c1NC(=O)C1(C(N)=S)CCC1. The van der Waals surface area contributed by atoms with Gasteiger partial charge in [-0.15, -0.1) is 0 Å². The third kappa shape index (κ3) is 2.44. The number of rotatable bonds is 5. The maximum atomic E-state index is 12.6. The van der Waals surface area contributed by atoms with E-state index in [-0.39, 0.29) is 5.91 Å². The molecule has 20 heavy (non-hydrogen) atoms. The van der Waals surface area contributed by atoms with E-state index >= 15 is 0 Å². The second-order valence-corrected chi connectivity index (χ2v) is 5.85. The van der Waals surface area contributed by atoms with E-state index in [1.807, 2.05) is 6.07 Å². The molecule has 0 radical (unpaired) electrons. The molecule has 1 aliphatic rings. The van der Waals surface area contributed by atoms with Gasteiger partial charge in [-0.05, 0) is 36.8 Å². The number of anilines is 1. The van der Waals surface area contributed by atoms with Crippen molar-refractivity contribution < 1.29 is 4.79 Å². The van der Waals surface area contributed by atoms with Gasteiger partial charge in [-0.2, -0.15) is 0 Å². The third-order valence-electron chi connectivity index (χ3n) is 4.35. The van der Waals surface area contributed by atoms with Gasteiger partial charge in [0.1, 0.15) is 0 Å². The zero-order valence-corrected chi connectivity index (χ0v) is 13.0. The van der Waals surface area contributed by atoms with Gasteiger partial charge in [-0.3, -0.25) is 4.79 Å². The molecular formula is C16H22N2OS. The number of aryl methyl sites for hydroxylation is 2. The molecule has 1 aliphatic carbocycles. The standard InChI is InChI=1S/C16H22N2OS/c1-3-11-7-5-8-12(4-2)13(11)18-15(19)16(14(17)20)9-6-10-16/h5,7-8H,3-4,6,9-10H2,1-2H3,(H2,17,20)(H,18,19). The second-order valence-electron chi connectivity index (χ2n) is 5.41. The zero-order valence-electron chi connectivity index (χ0n) is 12.2. The number of thiocarbonyl (C=S) groups is 1. The molecule has 0 spiro atoms. The number of amides is 1. The molecule has 0 heterocycles. The molecule has 1 fully saturated rings. The topological polar surface area (TPSA) is 55.1 Å². The minimum atomic E-state index is -0.624. The summed E-state index contributed by atoms with van der Waals surface area (Å²) < 4.78 is 0. The van der Waals surface area contributed by atoms with Crippen molar-refractivity contribution in [2.45, 2.75) is 46.0 Å². The molecule has 0 aliphatic heterocycles. The lowest BCUT2D eigenvalue weighted by atomic mass is 9.68. The van der Waals surface area contributed by atoms with Crippen LogP contribution >= 0.6 is 12.2 Å². The van der Waals surface area contributed by atoms with Gasteiger partial charge >= 0.3 is 0 Å². The number of para-hydroxylation sites is 1. The lowest BCUT2D eigenvalue weighted by molar-refractivity contribution is -0.125. The first-order valence-corrected chi connectivity index (χ1v) is 7.68. The van der Waals surface area contributed by atoms with E-state index < -0.39 is 5.41 Å². The molecule has 0 saturated heterocycles. The summed E-state index contributed by atoms with van der Waals surface area (Å²) in [5.74, 6) is -0.0353. The first-order chi connectivity index (χ1) is 9.55. The lowest BCUT2D eigenvalue weighted by Gasteiger charge is -2.39. The molecule has 1 aromatic carbocycles. The Balaban J connectivity index is 2.30. The van der Waals surface area contributed by atoms with Crippen molar-refractivity contribution in [3.63, 3.8) is 0 Å². The van der Waals surface area contributed by atoms with Gasteiger partial charge in [-0.25, -0.2) is 0 Å². The fraction of sp³-hybridized carbons (Fsp3) is 0.500. The molecule has 0 atom stereocenters. The molecule has 0 unspecified atom stereocenters. The van der Waals surface area contributed by atoms with Crippen LogP contribution in [0.25, 0.3) is 0 Å². The largest absolute Gasteiger partial charge is 0.392 e. The summed E-state index contributed by atoms with van der Waals surface area (Å²) in [6.45, 7) is 4.19. The number of carbonyl (C=O) groups excluding carboxylic acids is 1.